The van der Waals surface area contributed by atoms with E-state index in [0.29, 0.717) is 12.0 Å². The number of halogens is 1. The third-order valence-corrected chi connectivity index (χ3v) is 3.84. The summed E-state index contributed by atoms with van der Waals surface area (Å²) in [6.45, 7) is 6.16. The topological polar surface area (TPSA) is 21.3 Å². The first-order valence-corrected chi connectivity index (χ1v) is 6.79. The summed E-state index contributed by atoms with van der Waals surface area (Å²) < 4.78 is 5.98. The monoisotopic (exact) mass is 261 g/mol. The molecule has 1 aromatic heterocycles. The maximum absolute atomic E-state index is 5.89. The van der Waals surface area contributed by atoms with Crippen molar-refractivity contribution in [2.75, 3.05) is 13.7 Å². The van der Waals surface area contributed by atoms with Crippen molar-refractivity contribution in [1.82, 2.24) is 5.32 Å². The van der Waals surface area contributed by atoms with Crippen molar-refractivity contribution in [1.29, 1.82) is 0 Å². The quantitative estimate of drug-likeness (QED) is 0.811. The van der Waals surface area contributed by atoms with E-state index in [4.69, 9.17) is 16.3 Å². The van der Waals surface area contributed by atoms with Crippen LogP contribution in [-0.2, 0) is 11.3 Å². The van der Waals surface area contributed by atoms with Gasteiger partial charge >= 0.3 is 0 Å². The largest absolute Gasteiger partial charge is 0.385 e. The van der Waals surface area contributed by atoms with E-state index in [2.05, 4.69) is 25.2 Å². The SMILES string of the molecule is COCCC(NCc1ccc(Cl)s1)C(C)C. The van der Waals surface area contributed by atoms with Gasteiger partial charge in [0.25, 0.3) is 0 Å². The molecule has 0 amide bonds. The van der Waals surface area contributed by atoms with Crippen molar-refractivity contribution in [2.45, 2.75) is 32.9 Å². The summed E-state index contributed by atoms with van der Waals surface area (Å²) in [7, 11) is 1.75. The van der Waals surface area contributed by atoms with Gasteiger partial charge in [-0.15, -0.1) is 11.3 Å². The Kier molecular flexibility index (Phi) is 6.36. The number of thiophene rings is 1. The van der Waals surface area contributed by atoms with Gasteiger partial charge in [-0.05, 0) is 24.5 Å². The van der Waals surface area contributed by atoms with Crippen LogP contribution in [0, 0.1) is 5.92 Å². The molecule has 1 unspecified atom stereocenters. The molecular formula is C12H20ClNOS. The average molecular weight is 262 g/mol. The van der Waals surface area contributed by atoms with Gasteiger partial charge < -0.3 is 10.1 Å². The van der Waals surface area contributed by atoms with Crippen molar-refractivity contribution < 1.29 is 4.74 Å². The number of hydrogen-bond donors (Lipinski definition) is 1. The molecule has 1 aromatic rings. The highest BCUT2D eigenvalue weighted by atomic mass is 35.5. The molecule has 0 aliphatic carbocycles. The molecule has 1 atom stereocenters. The smallest absolute Gasteiger partial charge is 0.0931 e. The molecule has 0 spiro atoms. The second kappa shape index (κ2) is 7.28. The number of ether oxygens (including phenoxy) is 1. The lowest BCUT2D eigenvalue weighted by molar-refractivity contribution is 0.173. The molecule has 0 bridgehead atoms. The fourth-order valence-corrected chi connectivity index (χ4v) is 2.63. The Bertz CT molecular complexity index is 301. The Labute approximate surface area is 107 Å². The van der Waals surface area contributed by atoms with E-state index in [1.54, 1.807) is 18.4 Å². The summed E-state index contributed by atoms with van der Waals surface area (Å²) in [4.78, 5) is 1.29. The highest BCUT2D eigenvalue weighted by molar-refractivity contribution is 7.16. The van der Waals surface area contributed by atoms with Crippen molar-refractivity contribution >= 4 is 22.9 Å². The van der Waals surface area contributed by atoms with Crippen LogP contribution in [0.2, 0.25) is 4.34 Å². The molecular weight excluding hydrogens is 242 g/mol. The summed E-state index contributed by atoms with van der Waals surface area (Å²) in [5, 5.41) is 3.56. The van der Waals surface area contributed by atoms with Gasteiger partial charge in [-0.25, -0.2) is 0 Å². The maximum Gasteiger partial charge on any atom is 0.0931 e. The summed E-state index contributed by atoms with van der Waals surface area (Å²) in [5.74, 6) is 0.616. The number of nitrogens with one attached hydrogen (secondary N) is 1. The molecule has 0 saturated carbocycles. The first kappa shape index (κ1) is 14.0. The first-order chi connectivity index (χ1) is 7.63. The minimum absolute atomic E-state index is 0.501. The Balaban J connectivity index is 2.37. The number of methoxy groups -OCH3 is 1. The Morgan fingerprint density at radius 2 is 2.19 bits per heavy atom. The van der Waals surface area contributed by atoms with Crippen LogP contribution >= 0.6 is 22.9 Å². The number of hydrogen-bond acceptors (Lipinski definition) is 3. The molecule has 0 aliphatic rings. The number of rotatable bonds is 7. The second-order valence-electron chi connectivity index (χ2n) is 4.22. The molecule has 1 N–H and O–H groups in total. The maximum atomic E-state index is 5.89. The Hall–Kier alpha value is -0.0900. The third kappa shape index (κ3) is 4.83. The molecule has 0 fully saturated rings. The molecule has 2 nitrogen and oxygen atoms in total. The molecule has 0 aliphatic heterocycles. The van der Waals surface area contributed by atoms with E-state index >= 15 is 0 Å². The summed E-state index contributed by atoms with van der Waals surface area (Å²) in [6, 6.07) is 4.53. The fraction of sp³-hybridized carbons (Fsp3) is 0.667. The molecule has 0 radical (unpaired) electrons. The van der Waals surface area contributed by atoms with Crippen LogP contribution < -0.4 is 5.32 Å². The van der Waals surface area contributed by atoms with Gasteiger partial charge in [0.05, 0.1) is 4.34 Å². The third-order valence-electron chi connectivity index (χ3n) is 2.61. The zero-order chi connectivity index (χ0) is 12.0. The summed E-state index contributed by atoms with van der Waals surface area (Å²) in [6.07, 6.45) is 1.05. The van der Waals surface area contributed by atoms with E-state index in [-0.39, 0.29) is 0 Å². The van der Waals surface area contributed by atoms with Crippen LogP contribution in [0.1, 0.15) is 25.1 Å². The van der Waals surface area contributed by atoms with Gasteiger partial charge in [0.2, 0.25) is 0 Å². The van der Waals surface area contributed by atoms with Gasteiger partial charge in [0.15, 0.2) is 0 Å². The standard InChI is InChI=1S/C12H20ClNOS/c1-9(2)11(6-7-15-3)14-8-10-4-5-12(13)16-10/h4-5,9,11,14H,6-8H2,1-3H3. The van der Waals surface area contributed by atoms with Gasteiger partial charge in [-0.2, -0.15) is 0 Å². The fourth-order valence-electron chi connectivity index (χ4n) is 1.59. The van der Waals surface area contributed by atoms with Crippen molar-refractivity contribution in [3.05, 3.63) is 21.3 Å². The van der Waals surface area contributed by atoms with Crippen molar-refractivity contribution in [2.24, 2.45) is 5.92 Å². The highest BCUT2D eigenvalue weighted by Gasteiger charge is 2.12. The molecule has 16 heavy (non-hydrogen) atoms. The molecule has 92 valence electrons. The second-order valence-corrected chi connectivity index (χ2v) is 6.02. The van der Waals surface area contributed by atoms with Gasteiger partial charge in [-0.1, -0.05) is 25.4 Å². The normalized spacial score (nSPS) is 13.3. The van der Waals surface area contributed by atoms with Crippen LogP contribution in [0.5, 0.6) is 0 Å². The predicted molar refractivity (Wildman–Crippen MR) is 71.3 cm³/mol. The van der Waals surface area contributed by atoms with Crippen LogP contribution in [0.3, 0.4) is 0 Å². The lowest BCUT2D eigenvalue weighted by atomic mass is 10.0. The highest BCUT2D eigenvalue weighted by Crippen LogP contribution is 2.21. The van der Waals surface area contributed by atoms with Crippen molar-refractivity contribution in [3.8, 4) is 0 Å². The first-order valence-electron chi connectivity index (χ1n) is 5.60. The van der Waals surface area contributed by atoms with E-state index < -0.39 is 0 Å². The van der Waals surface area contributed by atoms with Crippen LogP contribution in [-0.4, -0.2) is 19.8 Å². The molecule has 1 rings (SSSR count). The summed E-state index contributed by atoms with van der Waals surface area (Å²) in [5.41, 5.74) is 0. The molecule has 4 heteroatoms. The lowest BCUT2D eigenvalue weighted by Gasteiger charge is -2.21. The molecule has 1 heterocycles. The molecule has 0 aromatic carbocycles. The minimum Gasteiger partial charge on any atom is -0.385 e. The van der Waals surface area contributed by atoms with E-state index in [0.717, 1.165) is 23.9 Å². The van der Waals surface area contributed by atoms with Crippen LogP contribution in [0.4, 0.5) is 0 Å². The Morgan fingerprint density at radius 3 is 2.69 bits per heavy atom. The van der Waals surface area contributed by atoms with Crippen LogP contribution in [0.15, 0.2) is 12.1 Å². The van der Waals surface area contributed by atoms with Gasteiger partial charge in [-0.3, -0.25) is 0 Å². The van der Waals surface area contributed by atoms with Gasteiger partial charge in [0, 0.05) is 31.2 Å². The summed E-state index contributed by atoms with van der Waals surface area (Å²) >= 11 is 7.53. The van der Waals surface area contributed by atoms with Gasteiger partial charge in [0.1, 0.15) is 0 Å². The molecule has 0 saturated heterocycles. The van der Waals surface area contributed by atoms with E-state index in [1.165, 1.54) is 4.88 Å². The zero-order valence-corrected chi connectivity index (χ0v) is 11.7. The minimum atomic E-state index is 0.501. The van der Waals surface area contributed by atoms with Crippen molar-refractivity contribution in [3.63, 3.8) is 0 Å². The van der Waals surface area contributed by atoms with E-state index in [1.807, 2.05) is 6.07 Å². The predicted octanol–water partition coefficient (Wildman–Crippen LogP) is 3.55. The zero-order valence-electron chi connectivity index (χ0n) is 10.1. The van der Waals surface area contributed by atoms with E-state index in [9.17, 15) is 0 Å². The van der Waals surface area contributed by atoms with Crippen LogP contribution in [0.25, 0.3) is 0 Å². The Morgan fingerprint density at radius 1 is 1.44 bits per heavy atom. The lowest BCUT2D eigenvalue weighted by Crippen LogP contribution is -2.34. The average Bonchev–Trinajstić information content (AvgIpc) is 2.64.